The van der Waals surface area contributed by atoms with Gasteiger partial charge < -0.3 is 0 Å². The summed E-state index contributed by atoms with van der Waals surface area (Å²) < 4.78 is 39.5. The molecule has 8 nitrogen and oxygen atoms in total. The molecule has 0 aliphatic carbocycles. The zero-order chi connectivity index (χ0) is 99.2. The average molecular weight is 2030 g/mol. The van der Waals surface area contributed by atoms with Gasteiger partial charge in [0.1, 0.15) is 0 Å². The predicted molar refractivity (Wildman–Crippen MR) is 585 cm³/mol. The van der Waals surface area contributed by atoms with Crippen LogP contribution in [-0.2, 0) is 50.5 Å². The van der Waals surface area contributed by atoms with E-state index in [1.165, 1.54) is 98.3 Å². The number of para-hydroxylation sites is 1. The standard InChI is InChI=1S/C20H19Cl2NS.C20H22N2.C19H17Cl2NS.C15H19NS.C14H14F3NS.C13H14ClNS.C13H15NS/c1-12-5-7-13(8-6-12)18-17(23-19(24-18)20(2,3)4)14-9-10-15(21)16(22)11-14;1-15-10-12-16(13-11-15)18-14-19(20(2,3)4)22(21-18)17-8-6-5-7-9-17;1-19(2,3)18-22-16(13-9-10-14(20)15(21)11-13)17(23-18)12-7-5-4-6-8-12;1-5-11-6-8-12(9-7-11)13-10-17-14(16-13)15(2,3)4;1-13(2,3)12-18-11(8-19-12)9-4-6-10(7-5-9)14(15,16)17;1-13(2,3)12-15-8-11(16-12)9-4-6-10(14)7-5-9;1-13(2,3)12-14-9-11(15-12)10-7-5-4-6-8-10/h5-11H,1-4H3;5-14H,1-4H3;4-11H,1-3H3;6-10H,5H2,1-4H3;4-8H,1-3H3;4-8H,1-3H3;4-9H,1-3H3. The molecule has 7 aromatic heterocycles. The molecule has 17 aromatic rings. The normalized spacial score (nSPS) is 11.9. The van der Waals surface area contributed by atoms with Crippen LogP contribution in [0.15, 0.2) is 278 Å². The van der Waals surface area contributed by atoms with E-state index in [1.807, 2.05) is 109 Å². The molecule has 0 bridgehead atoms. The van der Waals surface area contributed by atoms with Gasteiger partial charge >= 0.3 is 6.18 Å². The Morgan fingerprint density at radius 2 is 0.647 bits per heavy atom. The van der Waals surface area contributed by atoms with E-state index in [0.717, 1.165) is 99.3 Å². The minimum absolute atomic E-state index is 0.00141. The van der Waals surface area contributed by atoms with E-state index in [9.17, 15) is 13.2 Å². The van der Waals surface area contributed by atoms with Gasteiger partial charge in [0.15, 0.2) is 0 Å². The van der Waals surface area contributed by atoms with Crippen LogP contribution < -0.4 is 0 Å². The number of thiazole rings is 6. The zero-order valence-corrected chi connectivity index (χ0v) is 90.5. The first-order valence-corrected chi connectivity index (χ1v) is 51.9. The van der Waals surface area contributed by atoms with E-state index in [4.69, 9.17) is 78.1 Å². The summed E-state index contributed by atoms with van der Waals surface area (Å²) in [5, 5.41) is 18.6. The summed E-state index contributed by atoms with van der Waals surface area (Å²) in [4.78, 5) is 32.8. The quantitative estimate of drug-likeness (QED) is 0.127. The first-order chi connectivity index (χ1) is 63.8. The molecule has 0 radical (unpaired) electrons. The second-order valence-electron chi connectivity index (χ2n) is 40.3. The van der Waals surface area contributed by atoms with Crippen LogP contribution >= 0.6 is 126 Å². The Hall–Kier alpha value is -9.57. The molecule has 136 heavy (non-hydrogen) atoms. The number of aromatic nitrogens is 8. The molecule has 0 saturated carbocycles. The number of nitrogens with zero attached hydrogens (tertiary/aromatic N) is 8. The largest absolute Gasteiger partial charge is 0.416 e. The smallest absolute Gasteiger partial charge is 0.248 e. The van der Waals surface area contributed by atoms with Crippen molar-refractivity contribution in [2.24, 2.45) is 0 Å². The molecule has 7 heterocycles. The van der Waals surface area contributed by atoms with Gasteiger partial charge in [-0.3, -0.25) is 0 Å². The van der Waals surface area contributed by atoms with Gasteiger partial charge in [0.05, 0.1) is 115 Å². The van der Waals surface area contributed by atoms with Crippen molar-refractivity contribution < 1.29 is 13.2 Å². The molecule has 0 aliphatic heterocycles. The van der Waals surface area contributed by atoms with Crippen LogP contribution in [0.1, 0.15) is 210 Å². The fraction of sp³-hybridized carbons (Fsp3) is 0.289. The summed E-state index contributed by atoms with van der Waals surface area (Å²) in [6.45, 7) is 52.0. The van der Waals surface area contributed by atoms with Crippen LogP contribution in [0.3, 0.4) is 0 Å². The molecular weight excluding hydrogens is 1910 g/mol. The first-order valence-electron chi connectivity index (χ1n) is 45.0. The zero-order valence-electron chi connectivity index (χ0n) is 81.8. The molecule has 0 saturated heterocycles. The maximum absolute atomic E-state index is 12.5. The molecule has 10 aromatic carbocycles. The van der Waals surface area contributed by atoms with Crippen LogP contribution in [0.4, 0.5) is 13.2 Å². The highest BCUT2D eigenvalue weighted by Crippen LogP contribution is 2.46. The lowest BCUT2D eigenvalue weighted by molar-refractivity contribution is -0.137. The number of alkyl halides is 3. The van der Waals surface area contributed by atoms with Crippen molar-refractivity contribution >= 4 is 126 Å². The molecule has 0 fully saturated rings. The van der Waals surface area contributed by atoms with Crippen molar-refractivity contribution in [2.75, 3.05) is 0 Å². The van der Waals surface area contributed by atoms with Crippen LogP contribution in [0.25, 0.3) is 104 Å². The highest BCUT2D eigenvalue weighted by molar-refractivity contribution is 7.16. The summed E-state index contributed by atoms with van der Waals surface area (Å²) in [6, 6.07) is 83.5. The van der Waals surface area contributed by atoms with Gasteiger partial charge in [0, 0.05) is 93.9 Å². The van der Waals surface area contributed by atoms with E-state index < -0.39 is 11.7 Å². The van der Waals surface area contributed by atoms with Gasteiger partial charge in [0.2, 0.25) is 0 Å². The Kier molecular flexibility index (Phi) is 35.8. The fourth-order valence-electron chi connectivity index (χ4n) is 13.2. The lowest BCUT2D eigenvalue weighted by atomic mass is 9.91. The van der Waals surface area contributed by atoms with E-state index >= 15 is 0 Å². The second-order valence-corrected chi connectivity index (χ2v) is 48.1. The Balaban J connectivity index is 0.000000153. The second kappa shape index (κ2) is 45.6. The molecule has 0 aliphatic rings. The Morgan fingerprint density at radius 3 is 1.01 bits per heavy atom. The van der Waals surface area contributed by atoms with Crippen molar-refractivity contribution in [1.82, 2.24) is 39.7 Å². The average Bonchev–Trinajstić information content (AvgIpc) is 1.64. The first kappa shape index (κ1) is 107. The number of benzene rings is 10. The third-order valence-electron chi connectivity index (χ3n) is 21.0. The minimum atomic E-state index is -4.29. The topological polar surface area (TPSA) is 95.2 Å². The molecule has 0 N–H and O–H groups in total. The Bertz CT molecular complexity index is 6700. The summed E-state index contributed by atoms with van der Waals surface area (Å²) in [6.07, 6.45) is 0.705. The molecule has 708 valence electrons. The van der Waals surface area contributed by atoms with Gasteiger partial charge in [-0.15, -0.1) is 68.0 Å². The van der Waals surface area contributed by atoms with Crippen molar-refractivity contribution in [3.63, 3.8) is 0 Å². The van der Waals surface area contributed by atoms with Crippen LogP contribution in [0, 0.1) is 13.8 Å². The van der Waals surface area contributed by atoms with E-state index in [0.29, 0.717) is 25.7 Å². The summed E-state index contributed by atoms with van der Waals surface area (Å²) in [7, 11) is 0. The number of hydrogen-bond acceptors (Lipinski definition) is 13. The lowest BCUT2D eigenvalue weighted by Gasteiger charge is -2.20. The summed E-state index contributed by atoms with van der Waals surface area (Å²) in [5.41, 5.74) is 20.6. The molecule has 0 spiro atoms. The fourth-order valence-corrected chi connectivity index (χ4v) is 20.0. The van der Waals surface area contributed by atoms with Crippen LogP contribution in [0.2, 0.25) is 25.1 Å². The van der Waals surface area contributed by atoms with Gasteiger partial charge in [-0.05, 0) is 115 Å². The van der Waals surface area contributed by atoms with Gasteiger partial charge in [0.25, 0.3) is 0 Å². The minimum Gasteiger partial charge on any atom is -0.248 e. The van der Waals surface area contributed by atoms with Crippen molar-refractivity contribution in [2.45, 2.75) is 217 Å². The molecule has 22 heteroatoms. The molecule has 0 atom stereocenters. The summed E-state index contributed by atoms with van der Waals surface area (Å²) >= 11 is 40.7. The maximum Gasteiger partial charge on any atom is 0.416 e. The predicted octanol–water partition coefficient (Wildman–Crippen LogP) is 38.3. The number of rotatable bonds is 11. The number of aryl methyl sites for hydroxylation is 3. The third-order valence-corrected chi connectivity index (χ3v) is 31.3. The van der Waals surface area contributed by atoms with Crippen molar-refractivity contribution in [1.29, 1.82) is 0 Å². The maximum atomic E-state index is 12.5. The van der Waals surface area contributed by atoms with Gasteiger partial charge in [-0.2, -0.15) is 18.3 Å². The number of hydrogen-bond donors (Lipinski definition) is 0. The summed E-state index contributed by atoms with van der Waals surface area (Å²) in [5.74, 6) is 0. The highest BCUT2D eigenvalue weighted by atomic mass is 35.5. The third kappa shape index (κ3) is 29.7. The Morgan fingerprint density at radius 1 is 0.309 bits per heavy atom. The SMILES string of the molecule is CC(C)(C)c1nc(-c2ccc(C(F)(F)F)cc2)cs1.CC(C)(C)c1nc(-c2ccc(Cl)c(Cl)c2)c(-c2ccccc2)s1.CC(C)(C)c1ncc(-c2ccc(Cl)cc2)s1.CC(C)(C)c1ncc(-c2ccccc2)s1.CCc1ccc(-c2csc(C(C)(C)C)n2)cc1.Cc1ccc(-c2cc(C(C)(C)C)n(-c3ccccc3)n2)cc1.Cc1ccc(-c2sc(C(C)(C)C)nc2-c2ccc(Cl)c(Cl)c2)cc1. The monoisotopic (exact) mass is 2020 g/mol. The van der Waals surface area contributed by atoms with E-state index in [-0.39, 0.29) is 37.9 Å². The molecule has 17 rings (SSSR count). The van der Waals surface area contributed by atoms with Crippen LogP contribution in [0.5, 0.6) is 0 Å². The molecule has 0 amide bonds. The highest BCUT2D eigenvalue weighted by Gasteiger charge is 2.32. The van der Waals surface area contributed by atoms with E-state index in [1.54, 1.807) is 56.7 Å². The Labute approximate surface area is 852 Å². The van der Waals surface area contributed by atoms with E-state index in [2.05, 4.69) is 331 Å². The van der Waals surface area contributed by atoms with Crippen molar-refractivity contribution in [3.8, 4) is 104 Å². The number of halogens is 8. The van der Waals surface area contributed by atoms with Crippen LogP contribution in [-0.4, -0.2) is 39.7 Å². The lowest BCUT2D eigenvalue weighted by Crippen LogP contribution is -2.17. The van der Waals surface area contributed by atoms with Gasteiger partial charge in [-0.1, -0.05) is 410 Å². The van der Waals surface area contributed by atoms with Crippen molar-refractivity contribution in [3.05, 3.63) is 361 Å². The molecular formula is C114H120Cl5F3N8S6. The van der Waals surface area contributed by atoms with Gasteiger partial charge in [-0.25, -0.2) is 34.6 Å². The molecule has 0 unspecified atom stereocenters.